The molecule has 3 N–H and O–H groups in total. The monoisotopic (exact) mass is 284 g/mol. The van der Waals surface area contributed by atoms with Crippen molar-refractivity contribution in [1.29, 1.82) is 0 Å². The highest BCUT2D eigenvalue weighted by molar-refractivity contribution is 5.86. The maximum absolute atomic E-state index is 12.1. The lowest BCUT2D eigenvalue weighted by Gasteiger charge is -2.34. The van der Waals surface area contributed by atoms with E-state index < -0.39 is 11.5 Å². The Labute approximate surface area is 121 Å². The van der Waals surface area contributed by atoms with Crippen molar-refractivity contribution in [3.63, 3.8) is 0 Å². The van der Waals surface area contributed by atoms with Crippen molar-refractivity contribution in [3.8, 4) is 0 Å². The molecular formula is C15H28N2O3. The van der Waals surface area contributed by atoms with Gasteiger partial charge in [0.2, 0.25) is 0 Å². The van der Waals surface area contributed by atoms with E-state index in [0.29, 0.717) is 24.7 Å². The second-order valence-corrected chi connectivity index (χ2v) is 6.31. The molecule has 0 aromatic heterocycles. The van der Waals surface area contributed by atoms with Crippen molar-refractivity contribution < 1.29 is 14.7 Å². The number of amides is 2. The maximum atomic E-state index is 12.1. The normalized spacial score (nSPS) is 26.9. The summed E-state index contributed by atoms with van der Waals surface area (Å²) in [7, 11) is 0. The Hall–Kier alpha value is -1.26. The highest BCUT2D eigenvalue weighted by Crippen LogP contribution is 2.28. The molecule has 0 heterocycles. The number of carboxylic acid groups (broad SMARTS) is 1. The van der Waals surface area contributed by atoms with Crippen LogP contribution in [-0.4, -0.2) is 28.7 Å². The minimum Gasteiger partial charge on any atom is -0.480 e. The van der Waals surface area contributed by atoms with Crippen LogP contribution in [0.5, 0.6) is 0 Å². The zero-order chi connectivity index (χ0) is 15.3. The molecule has 0 saturated heterocycles. The Kier molecular flexibility index (Phi) is 5.84. The van der Waals surface area contributed by atoms with Gasteiger partial charge in [-0.15, -0.1) is 0 Å². The standard InChI is InChI=1S/C15H28N2O3/c1-5-15(6-2,13(18)19)17-14(20)16-12-8-10(3)7-11(4)9-12/h10-12H,5-9H2,1-4H3,(H,18,19)(H2,16,17,20). The first-order chi connectivity index (χ1) is 9.32. The van der Waals surface area contributed by atoms with Crippen LogP contribution in [0.3, 0.4) is 0 Å². The minimum absolute atomic E-state index is 0.147. The average molecular weight is 284 g/mol. The molecule has 2 atom stereocenters. The lowest BCUT2D eigenvalue weighted by Crippen LogP contribution is -2.58. The summed E-state index contributed by atoms with van der Waals surface area (Å²) in [5.41, 5.74) is -1.16. The molecule has 2 amide bonds. The first-order valence-electron chi connectivity index (χ1n) is 7.65. The van der Waals surface area contributed by atoms with Gasteiger partial charge in [-0.1, -0.05) is 27.7 Å². The van der Waals surface area contributed by atoms with Gasteiger partial charge < -0.3 is 15.7 Å². The third kappa shape index (κ3) is 4.12. The third-order valence-electron chi connectivity index (χ3n) is 4.48. The smallest absolute Gasteiger partial charge is 0.329 e. The first kappa shape index (κ1) is 16.8. The van der Waals surface area contributed by atoms with Crippen LogP contribution in [0.4, 0.5) is 4.79 Å². The van der Waals surface area contributed by atoms with Crippen LogP contribution in [0.2, 0.25) is 0 Å². The van der Waals surface area contributed by atoms with Gasteiger partial charge >= 0.3 is 12.0 Å². The average Bonchev–Trinajstić information content (AvgIpc) is 2.34. The van der Waals surface area contributed by atoms with Crippen LogP contribution in [0.1, 0.15) is 59.8 Å². The molecule has 5 nitrogen and oxygen atoms in total. The number of carbonyl (C=O) groups excluding carboxylic acids is 1. The molecule has 1 rings (SSSR count). The molecule has 0 bridgehead atoms. The Morgan fingerprint density at radius 2 is 1.60 bits per heavy atom. The maximum Gasteiger partial charge on any atom is 0.329 e. The van der Waals surface area contributed by atoms with Crippen molar-refractivity contribution in [3.05, 3.63) is 0 Å². The fourth-order valence-electron chi connectivity index (χ4n) is 3.29. The summed E-state index contributed by atoms with van der Waals surface area (Å²) >= 11 is 0. The Morgan fingerprint density at radius 3 is 2.00 bits per heavy atom. The molecule has 1 aliphatic carbocycles. The van der Waals surface area contributed by atoms with Gasteiger partial charge in [-0.3, -0.25) is 0 Å². The van der Waals surface area contributed by atoms with E-state index in [0.717, 1.165) is 12.8 Å². The Bertz CT molecular complexity index is 343. The number of urea groups is 1. The van der Waals surface area contributed by atoms with Crippen LogP contribution in [0, 0.1) is 11.8 Å². The van der Waals surface area contributed by atoms with E-state index in [-0.39, 0.29) is 12.1 Å². The predicted molar refractivity (Wildman–Crippen MR) is 78.6 cm³/mol. The fourth-order valence-corrected chi connectivity index (χ4v) is 3.29. The molecule has 0 aromatic rings. The summed E-state index contributed by atoms with van der Waals surface area (Å²) in [6.45, 7) is 7.95. The summed E-state index contributed by atoms with van der Waals surface area (Å²) in [5, 5.41) is 14.9. The highest BCUT2D eigenvalue weighted by Gasteiger charge is 2.37. The van der Waals surface area contributed by atoms with Crippen LogP contribution in [0.25, 0.3) is 0 Å². The number of rotatable bonds is 5. The van der Waals surface area contributed by atoms with Gasteiger partial charge in [0.15, 0.2) is 0 Å². The van der Waals surface area contributed by atoms with E-state index in [9.17, 15) is 14.7 Å². The topological polar surface area (TPSA) is 78.4 Å². The van der Waals surface area contributed by atoms with E-state index in [1.54, 1.807) is 13.8 Å². The molecule has 2 unspecified atom stereocenters. The van der Waals surface area contributed by atoms with Gasteiger partial charge in [0, 0.05) is 6.04 Å². The summed E-state index contributed by atoms with van der Waals surface area (Å²) in [6.07, 6.45) is 3.89. The molecular weight excluding hydrogens is 256 g/mol. The van der Waals surface area contributed by atoms with Gasteiger partial charge in [-0.05, 0) is 43.9 Å². The van der Waals surface area contributed by atoms with Gasteiger partial charge in [0.05, 0.1) is 0 Å². The summed E-state index contributed by atoms with van der Waals surface area (Å²) in [4.78, 5) is 23.4. The summed E-state index contributed by atoms with van der Waals surface area (Å²) < 4.78 is 0. The number of aliphatic carboxylic acids is 1. The van der Waals surface area contributed by atoms with Gasteiger partial charge in [-0.2, -0.15) is 0 Å². The van der Waals surface area contributed by atoms with E-state index in [1.165, 1.54) is 6.42 Å². The van der Waals surface area contributed by atoms with E-state index in [1.807, 2.05) is 0 Å². The van der Waals surface area contributed by atoms with E-state index in [4.69, 9.17) is 0 Å². The third-order valence-corrected chi connectivity index (χ3v) is 4.48. The van der Waals surface area contributed by atoms with Crippen LogP contribution in [0.15, 0.2) is 0 Å². The van der Waals surface area contributed by atoms with Crippen molar-refractivity contribution >= 4 is 12.0 Å². The first-order valence-corrected chi connectivity index (χ1v) is 7.65. The molecule has 1 fully saturated rings. The summed E-state index contributed by atoms with van der Waals surface area (Å²) in [5.74, 6) is 0.235. The number of hydrogen-bond acceptors (Lipinski definition) is 2. The quantitative estimate of drug-likeness (QED) is 0.726. The fraction of sp³-hybridized carbons (Fsp3) is 0.867. The van der Waals surface area contributed by atoms with Crippen molar-refractivity contribution in [2.75, 3.05) is 0 Å². The second-order valence-electron chi connectivity index (χ2n) is 6.31. The lowest BCUT2D eigenvalue weighted by atomic mass is 9.80. The largest absolute Gasteiger partial charge is 0.480 e. The number of nitrogens with one attached hydrogen (secondary N) is 2. The van der Waals surface area contributed by atoms with Crippen molar-refractivity contribution in [1.82, 2.24) is 10.6 Å². The molecule has 116 valence electrons. The van der Waals surface area contributed by atoms with Crippen LogP contribution < -0.4 is 10.6 Å². The molecule has 5 heteroatoms. The van der Waals surface area contributed by atoms with Crippen molar-refractivity contribution in [2.45, 2.75) is 71.4 Å². The molecule has 1 saturated carbocycles. The summed E-state index contributed by atoms with van der Waals surface area (Å²) in [6, 6.07) is -0.212. The lowest BCUT2D eigenvalue weighted by molar-refractivity contribution is -0.144. The molecule has 0 spiro atoms. The van der Waals surface area contributed by atoms with Crippen LogP contribution >= 0.6 is 0 Å². The van der Waals surface area contributed by atoms with Gasteiger partial charge in [0.1, 0.15) is 5.54 Å². The molecule has 0 aliphatic heterocycles. The molecule has 0 radical (unpaired) electrons. The SMILES string of the molecule is CCC(CC)(NC(=O)NC1CC(C)CC(C)C1)C(=O)O. The number of hydrogen-bond donors (Lipinski definition) is 3. The second kappa shape index (κ2) is 6.95. The number of carboxylic acids is 1. The van der Waals surface area contributed by atoms with Crippen LogP contribution in [-0.2, 0) is 4.79 Å². The van der Waals surface area contributed by atoms with E-state index in [2.05, 4.69) is 24.5 Å². The zero-order valence-electron chi connectivity index (χ0n) is 13.0. The molecule has 20 heavy (non-hydrogen) atoms. The Morgan fingerprint density at radius 1 is 1.10 bits per heavy atom. The van der Waals surface area contributed by atoms with Crippen molar-refractivity contribution in [2.24, 2.45) is 11.8 Å². The highest BCUT2D eigenvalue weighted by atomic mass is 16.4. The number of carbonyl (C=O) groups is 2. The van der Waals surface area contributed by atoms with E-state index >= 15 is 0 Å². The predicted octanol–water partition coefficient (Wildman–Crippen LogP) is 2.75. The minimum atomic E-state index is -1.16. The zero-order valence-corrected chi connectivity index (χ0v) is 13.0. The molecule has 1 aliphatic rings. The van der Waals surface area contributed by atoms with Gasteiger partial charge in [-0.25, -0.2) is 9.59 Å². The molecule has 0 aromatic carbocycles. The van der Waals surface area contributed by atoms with Gasteiger partial charge in [0.25, 0.3) is 0 Å². The Balaban J connectivity index is 2.60.